The molecule has 0 aliphatic carbocycles. The van der Waals surface area contributed by atoms with E-state index < -0.39 is 16.7 Å². The number of carbonyl (C=O) groups excluding carboxylic acids is 2. The number of nitro groups is 1. The summed E-state index contributed by atoms with van der Waals surface area (Å²) in [4.78, 5) is 36.4. The van der Waals surface area contributed by atoms with Crippen LogP contribution in [0.1, 0.15) is 34.0 Å². The van der Waals surface area contributed by atoms with Gasteiger partial charge in [-0.25, -0.2) is 0 Å². The number of fused-ring (bicyclic) bond motifs is 1. The van der Waals surface area contributed by atoms with Gasteiger partial charge in [-0.2, -0.15) is 0 Å². The third-order valence-electron chi connectivity index (χ3n) is 5.08. The van der Waals surface area contributed by atoms with Gasteiger partial charge < -0.3 is 19.1 Å². The quantitative estimate of drug-likeness (QED) is 0.521. The van der Waals surface area contributed by atoms with Crippen LogP contribution in [0, 0.1) is 16.0 Å². The SMILES string of the molecule is O=C(NCC1CCN(C(=O)c2cc3ccccc3o2)CC1)c1ccc([N+](=O)[O-])o1. The Bertz CT molecular complexity index is 1030. The lowest BCUT2D eigenvalue weighted by molar-refractivity contribution is -0.402. The van der Waals surface area contributed by atoms with Crippen molar-refractivity contribution in [2.24, 2.45) is 5.92 Å². The van der Waals surface area contributed by atoms with Crippen LogP contribution in [0.4, 0.5) is 5.88 Å². The summed E-state index contributed by atoms with van der Waals surface area (Å²) in [5, 5.41) is 14.3. The number of nitrogens with one attached hydrogen (secondary N) is 1. The van der Waals surface area contributed by atoms with Crippen molar-refractivity contribution in [2.75, 3.05) is 19.6 Å². The first-order valence-corrected chi connectivity index (χ1v) is 9.31. The second-order valence-corrected chi connectivity index (χ2v) is 6.99. The molecule has 1 fully saturated rings. The highest BCUT2D eigenvalue weighted by Crippen LogP contribution is 2.23. The second-order valence-electron chi connectivity index (χ2n) is 6.99. The van der Waals surface area contributed by atoms with Crippen LogP contribution in [0.15, 0.2) is 51.3 Å². The minimum absolute atomic E-state index is 0.0887. The molecule has 150 valence electrons. The molecule has 0 radical (unpaired) electrons. The van der Waals surface area contributed by atoms with Gasteiger partial charge in [0.25, 0.3) is 11.8 Å². The van der Waals surface area contributed by atoms with E-state index in [1.54, 1.807) is 11.0 Å². The molecule has 4 rings (SSSR count). The van der Waals surface area contributed by atoms with Gasteiger partial charge in [-0.15, -0.1) is 0 Å². The third kappa shape index (κ3) is 3.98. The zero-order valence-electron chi connectivity index (χ0n) is 15.5. The zero-order valence-corrected chi connectivity index (χ0v) is 15.5. The molecule has 3 heterocycles. The highest BCUT2D eigenvalue weighted by molar-refractivity contribution is 5.96. The smallest absolute Gasteiger partial charge is 0.433 e. The maximum atomic E-state index is 12.7. The van der Waals surface area contributed by atoms with E-state index in [0.717, 1.165) is 24.3 Å². The molecule has 0 spiro atoms. The minimum Gasteiger partial charge on any atom is -0.451 e. The predicted octanol–water partition coefficient (Wildman–Crippen LogP) is 3.22. The van der Waals surface area contributed by atoms with Crippen molar-refractivity contribution in [3.8, 4) is 0 Å². The maximum absolute atomic E-state index is 12.7. The van der Waals surface area contributed by atoms with Crippen molar-refractivity contribution in [3.05, 3.63) is 64.1 Å². The molecule has 29 heavy (non-hydrogen) atoms. The summed E-state index contributed by atoms with van der Waals surface area (Å²) in [6.07, 6.45) is 1.48. The van der Waals surface area contributed by atoms with Gasteiger partial charge in [0, 0.05) is 25.0 Å². The summed E-state index contributed by atoms with van der Waals surface area (Å²) in [6, 6.07) is 11.7. The number of furan rings is 2. The molecule has 1 saturated heterocycles. The second kappa shape index (κ2) is 7.78. The third-order valence-corrected chi connectivity index (χ3v) is 5.08. The topological polar surface area (TPSA) is 119 Å². The van der Waals surface area contributed by atoms with Crippen LogP contribution in [-0.4, -0.2) is 41.3 Å². The van der Waals surface area contributed by atoms with Gasteiger partial charge in [-0.1, -0.05) is 18.2 Å². The number of para-hydroxylation sites is 1. The van der Waals surface area contributed by atoms with Gasteiger partial charge in [-0.3, -0.25) is 19.7 Å². The summed E-state index contributed by atoms with van der Waals surface area (Å²) >= 11 is 0. The molecule has 9 heteroatoms. The van der Waals surface area contributed by atoms with Crippen molar-refractivity contribution in [1.82, 2.24) is 10.2 Å². The van der Waals surface area contributed by atoms with Crippen molar-refractivity contribution in [3.63, 3.8) is 0 Å². The number of hydrogen-bond donors (Lipinski definition) is 1. The molecule has 9 nitrogen and oxygen atoms in total. The fourth-order valence-corrected chi connectivity index (χ4v) is 3.46. The van der Waals surface area contributed by atoms with Gasteiger partial charge >= 0.3 is 5.88 Å². The molecule has 0 saturated carbocycles. The number of carbonyl (C=O) groups is 2. The Morgan fingerprint density at radius 3 is 2.55 bits per heavy atom. The van der Waals surface area contributed by atoms with Crippen LogP contribution in [0.3, 0.4) is 0 Å². The Morgan fingerprint density at radius 2 is 1.86 bits per heavy atom. The van der Waals surface area contributed by atoms with E-state index in [9.17, 15) is 19.7 Å². The Balaban J connectivity index is 1.28. The van der Waals surface area contributed by atoms with E-state index in [-0.39, 0.29) is 17.6 Å². The Kier molecular flexibility index (Phi) is 5.03. The van der Waals surface area contributed by atoms with Crippen LogP contribution in [0.25, 0.3) is 11.0 Å². The first kappa shape index (κ1) is 18.7. The number of likely N-dealkylation sites (tertiary alicyclic amines) is 1. The zero-order chi connectivity index (χ0) is 20.4. The van der Waals surface area contributed by atoms with Crippen molar-refractivity contribution in [2.45, 2.75) is 12.8 Å². The number of amides is 2. The Labute approximate surface area is 165 Å². The highest BCUT2D eigenvalue weighted by Gasteiger charge is 2.26. The molecular weight excluding hydrogens is 378 g/mol. The molecule has 3 aromatic rings. The van der Waals surface area contributed by atoms with Crippen LogP contribution < -0.4 is 5.32 Å². The van der Waals surface area contributed by atoms with Crippen molar-refractivity contribution >= 4 is 28.7 Å². The van der Waals surface area contributed by atoms with E-state index in [2.05, 4.69) is 5.32 Å². The Morgan fingerprint density at radius 1 is 1.10 bits per heavy atom. The molecule has 1 aromatic carbocycles. The van der Waals surface area contributed by atoms with E-state index in [0.29, 0.717) is 31.0 Å². The molecule has 2 amide bonds. The van der Waals surface area contributed by atoms with E-state index in [4.69, 9.17) is 8.83 Å². The lowest BCUT2D eigenvalue weighted by Gasteiger charge is -2.31. The summed E-state index contributed by atoms with van der Waals surface area (Å²) in [5.41, 5.74) is 0.687. The largest absolute Gasteiger partial charge is 0.451 e. The highest BCUT2D eigenvalue weighted by atomic mass is 16.6. The predicted molar refractivity (Wildman–Crippen MR) is 103 cm³/mol. The van der Waals surface area contributed by atoms with E-state index >= 15 is 0 Å². The summed E-state index contributed by atoms with van der Waals surface area (Å²) in [5.74, 6) is -0.631. The number of rotatable bonds is 5. The van der Waals surface area contributed by atoms with E-state index in [1.165, 1.54) is 6.07 Å². The first-order chi connectivity index (χ1) is 14.0. The van der Waals surface area contributed by atoms with Crippen LogP contribution >= 0.6 is 0 Å². The minimum atomic E-state index is -0.689. The van der Waals surface area contributed by atoms with Gasteiger partial charge in [0.1, 0.15) is 10.5 Å². The average molecular weight is 397 g/mol. The number of hydrogen-bond acceptors (Lipinski definition) is 6. The average Bonchev–Trinajstić information content (AvgIpc) is 3.39. The lowest BCUT2D eigenvalue weighted by atomic mass is 9.96. The lowest BCUT2D eigenvalue weighted by Crippen LogP contribution is -2.41. The molecule has 1 aliphatic rings. The van der Waals surface area contributed by atoms with Gasteiger partial charge in [0.2, 0.25) is 0 Å². The monoisotopic (exact) mass is 397 g/mol. The molecule has 2 aromatic heterocycles. The van der Waals surface area contributed by atoms with Crippen LogP contribution in [0.2, 0.25) is 0 Å². The summed E-state index contributed by atoms with van der Waals surface area (Å²) in [7, 11) is 0. The standard InChI is InChI=1S/C20H19N3O6/c24-19(16-5-6-18(29-16)23(26)27)21-12-13-7-9-22(10-8-13)20(25)17-11-14-3-1-2-4-15(14)28-17/h1-6,11,13H,7-10,12H2,(H,21,24). The van der Waals surface area contributed by atoms with Crippen molar-refractivity contribution < 1.29 is 23.3 Å². The molecule has 0 atom stereocenters. The fourth-order valence-electron chi connectivity index (χ4n) is 3.46. The molecule has 0 unspecified atom stereocenters. The molecule has 1 aliphatic heterocycles. The number of piperidine rings is 1. The van der Waals surface area contributed by atoms with Gasteiger partial charge in [-0.05, 0) is 37.0 Å². The van der Waals surface area contributed by atoms with Gasteiger partial charge in [0.05, 0.1) is 6.07 Å². The molecule has 1 N–H and O–H groups in total. The van der Waals surface area contributed by atoms with Crippen LogP contribution in [0.5, 0.6) is 0 Å². The number of benzene rings is 1. The summed E-state index contributed by atoms with van der Waals surface area (Å²) in [6.45, 7) is 1.56. The fraction of sp³-hybridized carbons (Fsp3) is 0.300. The molecule has 0 bridgehead atoms. The molecular formula is C20H19N3O6. The Hall–Kier alpha value is -3.62. The van der Waals surface area contributed by atoms with Crippen molar-refractivity contribution in [1.29, 1.82) is 0 Å². The number of nitrogens with zero attached hydrogens (tertiary/aromatic N) is 2. The first-order valence-electron chi connectivity index (χ1n) is 9.31. The summed E-state index contributed by atoms with van der Waals surface area (Å²) < 4.78 is 10.5. The van der Waals surface area contributed by atoms with Gasteiger partial charge in [0.15, 0.2) is 11.5 Å². The van der Waals surface area contributed by atoms with Crippen LogP contribution in [-0.2, 0) is 0 Å². The maximum Gasteiger partial charge on any atom is 0.433 e. The normalized spacial score (nSPS) is 14.8. The van der Waals surface area contributed by atoms with E-state index in [1.807, 2.05) is 24.3 Å².